The Morgan fingerprint density at radius 3 is 2.03 bits per heavy atom. The highest BCUT2D eigenvalue weighted by molar-refractivity contribution is 8.13. The quantitative estimate of drug-likeness (QED) is 0.147. The summed E-state index contributed by atoms with van der Waals surface area (Å²) in [5, 5.41) is 13.9. The second-order valence-electron chi connectivity index (χ2n) is 7.41. The molecule has 0 saturated carbocycles. The Morgan fingerprint density at radius 1 is 0.848 bits per heavy atom. The van der Waals surface area contributed by atoms with E-state index in [0.717, 1.165) is 22.0 Å². The number of thioether (sulfide) groups is 1. The van der Waals surface area contributed by atoms with Gasteiger partial charge < -0.3 is 14.4 Å². The van der Waals surface area contributed by atoms with Crippen molar-refractivity contribution >= 4 is 40.9 Å². The largest absolute Gasteiger partial charge is 0.449 e. The number of fused-ring (bicyclic) bond motifs is 1. The van der Waals surface area contributed by atoms with Crippen LogP contribution >= 0.6 is 19.4 Å². The lowest BCUT2D eigenvalue weighted by molar-refractivity contribution is 0.388. The van der Waals surface area contributed by atoms with Gasteiger partial charge in [0, 0.05) is 11.4 Å². The fourth-order valence-corrected chi connectivity index (χ4v) is 5.47. The SMILES string of the molecule is CC(=N)SCc1c(NCP(=O)(Oc2ccccc2)Oc2ccccc2)ccc2ccccc12. The average Bonchev–Trinajstić information content (AvgIpc) is 2.82. The Bertz CT molecular complexity index is 1240. The average molecular weight is 477 g/mol. The van der Waals surface area contributed by atoms with Crippen LogP contribution in [0.15, 0.2) is 97.1 Å². The van der Waals surface area contributed by atoms with E-state index in [1.54, 1.807) is 31.2 Å². The zero-order chi connectivity index (χ0) is 23.1. The van der Waals surface area contributed by atoms with Gasteiger partial charge in [-0.1, -0.05) is 66.7 Å². The molecule has 0 aliphatic carbocycles. The number of nitrogens with one attached hydrogen (secondary N) is 2. The Morgan fingerprint density at radius 2 is 1.42 bits per heavy atom. The molecule has 0 fully saturated rings. The van der Waals surface area contributed by atoms with Crippen LogP contribution in [0.4, 0.5) is 5.69 Å². The smallest absolute Gasteiger partial charge is 0.415 e. The summed E-state index contributed by atoms with van der Waals surface area (Å²) in [6, 6.07) is 30.2. The van der Waals surface area contributed by atoms with Gasteiger partial charge in [0.2, 0.25) is 0 Å². The van der Waals surface area contributed by atoms with Crippen molar-refractivity contribution in [1.29, 1.82) is 5.41 Å². The number of rotatable bonds is 9. The van der Waals surface area contributed by atoms with E-state index in [-0.39, 0.29) is 6.29 Å². The lowest BCUT2D eigenvalue weighted by Crippen LogP contribution is -2.13. The molecule has 0 saturated heterocycles. The van der Waals surface area contributed by atoms with Crippen LogP contribution in [-0.4, -0.2) is 11.3 Å². The minimum Gasteiger partial charge on any atom is -0.415 e. The van der Waals surface area contributed by atoms with E-state index in [4.69, 9.17) is 14.5 Å². The number of hydrogen-bond acceptors (Lipinski definition) is 6. The van der Waals surface area contributed by atoms with Gasteiger partial charge in [0.25, 0.3) is 0 Å². The van der Waals surface area contributed by atoms with E-state index in [0.29, 0.717) is 22.3 Å². The summed E-state index contributed by atoms with van der Waals surface area (Å²) in [5.74, 6) is 1.59. The lowest BCUT2D eigenvalue weighted by atomic mass is 10.0. The van der Waals surface area contributed by atoms with E-state index < -0.39 is 7.60 Å². The molecule has 4 aromatic rings. The van der Waals surface area contributed by atoms with Gasteiger partial charge in [-0.15, -0.1) is 11.8 Å². The molecular formula is C26H25N2O3PS. The predicted octanol–water partition coefficient (Wildman–Crippen LogP) is 7.79. The second-order valence-corrected chi connectivity index (χ2v) is 10.5. The van der Waals surface area contributed by atoms with Crippen molar-refractivity contribution in [3.63, 3.8) is 0 Å². The van der Waals surface area contributed by atoms with Gasteiger partial charge in [-0.25, -0.2) is 4.57 Å². The van der Waals surface area contributed by atoms with E-state index in [9.17, 15) is 4.57 Å². The lowest BCUT2D eigenvalue weighted by Gasteiger charge is -2.22. The molecule has 4 rings (SSSR count). The van der Waals surface area contributed by atoms with Gasteiger partial charge in [0.15, 0.2) is 0 Å². The predicted molar refractivity (Wildman–Crippen MR) is 139 cm³/mol. The zero-order valence-corrected chi connectivity index (χ0v) is 19.9. The maximum absolute atomic E-state index is 13.8. The van der Waals surface area contributed by atoms with Crippen molar-refractivity contribution in [2.24, 2.45) is 0 Å². The fraction of sp³-hybridized carbons (Fsp3) is 0.115. The van der Waals surface area contributed by atoms with E-state index in [1.165, 1.54) is 11.8 Å². The number of para-hydroxylation sites is 2. The Hall–Kier alpha value is -3.21. The maximum atomic E-state index is 13.8. The van der Waals surface area contributed by atoms with Gasteiger partial charge in [-0.05, 0) is 53.6 Å². The van der Waals surface area contributed by atoms with E-state index in [1.807, 2.05) is 60.7 Å². The summed E-state index contributed by atoms with van der Waals surface area (Å²) in [7, 11) is -3.61. The summed E-state index contributed by atoms with van der Waals surface area (Å²) in [6.45, 7) is 1.78. The molecule has 7 heteroatoms. The molecule has 0 aromatic heterocycles. The van der Waals surface area contributed by atoms with Crippen LogP contribution in [-0.2, 0) is 10.3 Å². The van der Waals surface area contributed by atoms with Crippen LogP contribution in [0.25, 0.3) is 10.8 Å². The van der Waals surface area contributed by atoms with Crippen LogP contribution in [0, 0.1) is 5.41 Å². The van der Waals surface area contributed by atoms with Crippen molar-refractivity contribution < 1.29 is 13.6 Å². The molecule has 0 spiro atoms. The minimum absolute atomic E-state index is 0.0175. The van der Waals surface area contributed by atoms with Crippen molar-refractivity contribution in [3.05, 3.63) is 103 Å². The molecule has 0 unspecified atom stereocenters. The molecule has 5 nitrogen and oxygen atoms in total. The maximum Gasteiger partial charge on any atom is 0.449 e. The van der Waals surface area contributed by atoms with Crippen molar-refractivity contribution in [1.82, 2.24) is 0 Å². The van der Waals surface area contributed by atoms with Crippen molar-refractivity contribution in [3.8, 4) is 11.5 Å². The van der Waals surface area contributed by atoms with Crippen LogP contribution in [0.1, 0.15) is 12.5 Å². The topological polar surface area (TPSA) is 71.4 Å². The van der Waals surface area contributed by atoms with Gasteiger partial charge >= 0.3 is 7.60 Å². The molecule has 0 atom stereocenters. The molecule has 4 aromatic carbocycles. The van der Waals surface area contributed by atoms with Gasteiger partial charge in [0.1, 0.15) is 17.8 Å². The van der Waals surface area contributed by atoms with Crippen LogP contribution in [0.3, 0.4) is 0 Å². The molecule has 0 aliphatic heterocycles. The van der Waals surface area contributed by atoms with Crippen LogP contribution < -0.4 is 14.4 Å². The summed E-state index contributed by atoms with van der Waals surface area (Å²) in [4.78, 5) is 0. The summed E-state index contributed by atoms with van der Waals surface area (Å²) < 4.78 is 25.6. The molecule has 168 valence electrons. The molecule has 0 radical (unpaired) electrons. The monoisotopic (exact) mass is 476 g/mol. The minimum atomic E-state index is -3.61. The van der Waals surface area contributed by atoms with Crippen molar-refractivity contribution in [2.75, 3.05) is 11.6 Å². The molecule has 0 amide bonds. The molecule has 0 aliphatic rings. The highest BCUT2D eigenvalue weighted by Crippen LogP contribution is 2.48. The van der Waals surface area contributed by atoms with Gasteiger partial charge in [-0.3, -0.25) is 5.41 Å². The highest BCUT2D eigenvalue weighted by Gasteiger charge is 2.29. The molecule has 0 bridgehead atoms. The normalized spacial score (nSPS) is 11.2. The number of benzene rings is 4. The summed E-state index contributed by atoms with van der Waals surface area (Å²) in [6.07, 6.45) is -0.0175. The molecule has 0 heterocycles. The number of hydrogen-bond donors (Lipinski definition) is 2. The first-order valence-electron chi connectivity index (χ1n) is 10.5. The summed E-state index contributed by atoms with van der Waals surface area (Å²) in [5.41, 5.74) is 1.90. The zero-order valence-electron chi connectivity index (χ0n) is 18.2. The third kappa shape index (κ3) is 6.19. The fourth-order valence-electron chi connectivity index (χ4n) is 3.39. The first kappa shape index (κ1) is 23.0. The molecule has 33 heavy (non-hydrogen) atoms. The van der Waals surface area contributed by atoms with Crippen molar-refractivity contribution in [2.45, 2.75) is 12.7 Å². The Kier molecular flexibility index (Phi) is 7.38. The molecule has 2 N–H and O–H groups in total. The Balaban J connectivity index is 1.63. The Labute approximate surface area is 198 Å². The first-order valence-corrected chi connectivity index (χ1v) is 13.2. The van der Waals surface area contributed by atoms with Crippen LogP contribution in [0.2, 0.25) is 0 Å². The van der Waals surface area contributed by atoms with Gasteiger partial charge in [0.05, 0.1) is 5.04 Å². The first-order chi connectivity index (χ1) is 16.0. The molecular weight excluding hydrogens is 451 g/mol. The summed E-state index contributed by atoms with van der Waals surface area (Å²) >= 11 is 1.46. The van der Waals surface area contributed by atoms with Crippen LogP contribution in [0.5, 0.6) is 11.5 Å². The highest BCUT2D eigenvalue weighted by atomic mass is 32.2. The standard InChI is InChI=1S/C26H25N2O3PS/c1-20(27)33-18-25-24-15-9-8-10-21(24)16-17-26(25)28-19-32(29,30-22-11-4-2-5-12-22)31-23-13-6-3-7-14-23/h2-17,27-28H,18-19H2,1H3. The third-order valence-electron chi connectivity index (χ3n) is 4.91. The second kappa shape index (κ2) is 10.6. The van der Waals surface area contributed by atoms with E-state index in [2.05, 4.69) is 17.4 Å². The van der Waals surface area contributed by atoms with E-state index >= 15 is 0 Å². The third-order valence-corrected chi connectivity index (χ3v) is 7.30. The number of anilines is 1. The van der Waals surface area contributed by atoms with Gasteiger partial charge in [-0.2, -0.15) is 0 Å².